The first-order valence-electron chi connectivity index (χ1n) is 7.31. The van der Waals surface area contributed by atoms with E-state index in [0.717, 1.165) is 11.8 Å². The first kappa shape index (κ1) is 21.8. The summed E-state index contributed by atoms with van der Waals surface area (Å²) in [7, 11) is 2.46. The van der Waals surface area contributed by atoms with Gasteiger partial charge in [-0.3, -0.25) is 0 Å². The van der Waals surface area contributed by atoms with E-state index in [1.165, 1.54) is 20.5 Å². The Balaban J connectivity index is 0.00000200. The molecule has 0 aliphatic heterocycles. The van der Waals surface area contributed by atoms with Crippen molar-refractivity contribution in [3.05, 3.63) is 39.3 Å². The molecule has 2 aliphatic carbocycles. The molecule has 0 spiro atoms. The van der Waals surface area contributed by atoms with Gasteiger partial charge in [0.2, 0.25) is 0 Å². The van der Waals surface area contributed by atoms with Gasteiger partial charge in [0, 0.05) is 0 Å². The minimum atomic E-state index is -0.811. The number of halogens is 2. The molecule has 5 heteroatoms. The quantitative estimate of drug-likeness (QED) is 0.486. The molecule has 0 amide bonds. The maximum Gasteiger partial charge on any atom is -0.147 e. The summed E-state index contributed by atoms with van der Waals surface area (Å²) in [5.41, 5.74) is 6.77. The van der Waals surface area contributed by atoms with Crippen LogP contribution in [0.5, 0.6) is 0 Å². The van der Waals surface area contributed by atoms with E-state index in [0.29, 0.717) is 0 Å². The van der Waals surface area contributed by atoms with Crippen molar-refractivity contribution in [3.63, 3.8) is 0 Å². The van der Waals surface area contributed by atoms with Crippen LogP contribution in [0.15, 0.2) is 39.3 Å². The SMILES string of the molecule is CC1=[C]([Hf][C]2=C(C)C([SiH3])=C(C)C2C)C(C)C(C)=C1[SiH3].Cl.Cl. The Bertz CT molecular complexity index is 521. The molecule has 21 heavy (non-hydrogen) atoms. The third kappa shape index (κ3) is 3.68. The van der Waals surface area contributed by atoms with Gasteiger partial charge in [0.15, 0.2) is 0 Å². The smallest absolute Gasteiger partial charge is 0.147 e. The molecule has 0 bridgehead atoms. The van der Waals surface area contributed by atoms with Gasteiger partial charge in [0.25, 0.3) is 0 Å². The van der Waals surface area contributed by atoms with E-state index in [1.807, 2.05) is 6.66 Å². The fourth-order valence-corrected chi connectivity index (χ4v) is 13.3. The largest absolute Gasteiger partial charge is 0.147 e. The number of hydrogen-bond donors (Lipinski definition) is 0. The van der Waals surface area contributed by atoms with Crippen LogP contribution < -0.4 is 0 Å². The Labute approximate surface area is 160 Å². The summed E-state index contributed by atoms with van der Waals surface area (Å²) in [5.74, 6) is 1.53. The number of rotatable bonds is 2. The van der Waals surface area contributed by atoms with Crippen molar-refractivity contribution < 1.29 is 22.9 Å². The second kappa shape index (κ2) is 8.09. The Kier molecular flexibility index (Phi) is 8.42. The van der Waals surface area contributed by atoms with Crippen LogP contribution >= 0.6 is 24.8 Å². The van der Waals surface area contributed by atoms with Crippen LogP contribution in [0.2, 0.25) is 0 Å². The molecule has 0 heterocycles. The van der Waals surface area contributed by atoms with Crippen LogP contribution in [0.1, 0.15) is 41.5 Å². The molecule has 0 aromatic carbocycles. The molecule has 2 atom stereocenters. The Morgan fingerprint density at radius 1 is 0.714 bits per heavy atom. The van der Waals surface area contributed by atoms with E-state index in [4.69, 9.17) is 0 Å². The van der Waals surface area contributed by atoms with Crippen LogP contribution in [0, 0.1) is 11.8 Å². The second-order valence-electron chi connectivity index (χ2n) is 6.26. The maximum atomic E-state index is 2.45. The van der Waals surface area contributed by atoms with E-state index in [-0.39, 0.29) is 24.8 Å². The average molecular weight is 526 g/mol. The summed E-state index contributed by atoms with van der Waals surface area (Å²) < 4.78 is 3.79. The molecule has 118 valence electrons. The van der Waals surface area contributed by atoms with Crippen LogP contribution in [0.4, 0.5) is 0 Å². The summed E-state index contributed by atoms with van der Waals surface area (Å²) in [6.07, 6.45) is 0. The van der Waals surface area contributed by atoms with Gasteiger partial charge in [-0.15, -0.1) is 24.8 Å². The molecule has 0 saturated heterocycles. The van der Waals surface area contributed by atoms with Gasteiger partial charge < -0.3 is 0 Å². The van der Waals surface area contributed by atoms with Crippen molar-refractivity contribution in [1.29, 1.82) is 0 Å². The fraction of sp³-hybridized carbons (Fsp3) is 0.500. The number of allylic oxidation sites excluding steroid dienone is 8. The first-order chi connectivity index (χ1) is 8.77. The Morgan fingerprint density at radius 2 is 1.00 bits per heavy atom. The van der Waals surface area contributed by atoms with Crippen molar-refractivity contribution in [2.45, 2.75) is 41.5 Å². The van der Waals surface area contributed by atoms with Gasteiger partial charge >= 0.3 is 136 Å². The monoisotopic (exact) mass is 526 g/mol. The van der Waals surface area contributed by atoms with Gasteiger partial charge in [-0.2, -0.15) is 0 Å². The van der Waals surface area contributed by atoms with Crippen molar-refractivity contribution in [3.8, 4) is 0 Å². The van der Waals surface area contributed by atoms with Crippen LogP contribution in [0.3, 0.4) is 0 Å². The van der Waals surface area contributed by atoms with Crippen molar-refractivity contribution in [2.24, 2.45) is 11.8 Å². The maximum absolute atomic E-state index is 2.45. The molecular weight excluding hydrogens is 498 g/mol. The number of hydrogen-bond acceptors (Lipinski definition) is 0. The molecule has 0 radical (unpaired) electrons. The minimum Gasteiger partial charge on any atom is -0.147 e. The molecule has 2 aliphatic rings. The molecule has 0 aromatic heterocycles. The standard InChI is InChI=1S/2C8H13Si.2ClH.Hf/c2*1-5-4-6(2)8(9)7(5)3;;;/h2*5H,1-3,9H3;2*1H;. The molecule has 2 rings (SSSR count). The zero-order valence-electron chi connectivity index (χ0n) is 14.5. The second-order valence-corrected chi connectivity index (χ2v) is 13.0. The summed E-state index contributed by atoms with van der Waals surface area (Å²) in [6.45, 7) is 14.4. The average Bonchev–Trinajstić information content (AvgIpc) is 2.68. The zero-order chi connectivity index (χ0) is 14.5. The van der Waals surface area contributed by atoms with Crippen molar-refractivity contribution in [2.75, 3.05) is 0 Å². The first-order valence-corrected chi connectivity index (χ1v) is 12.9. The van der Waals surface area contributed by atoms with Crippen molar-refractivity contribution in [1.82, 2.24) is 0 Å². The summed E-state index contributed by atoms with van der Waals surface area (Å²) >= 11 is -0.811. The molecule has 0 fully saturated rings. The summed E-state index contributed by atoms with van der Waals surface area (Å²) in [6, 6.07) is 0. The van der Waals surface area contributed by atoms with Gasteiger partial charge in [0.05, 0.1) is 0 Å². The summed E-state index contributed by atoms with van der Waals surface area (Å²) in [4.78, 5) is 0. The zero-order valence-corrected chi connectivity index (χ0v) is 23.7. The fourth-order valence-electron chi connectivity index (χ4n) is 3.28. The Morgan fingerprint density at radius 3 is 1.19 bits per heavy atom. The van der Waals surface area contributed by atoms with E-state index in [2.05, 4.69) is 41.5 Å². The van der Waals surface area contributed by atoms with Crippen molar-refractivity contribution >= 4 is 45.3 Å². The van der Waals surface area contributed by atoms with Crippen LogP contribution in [0.25, 0.3) is 0 Å². The molecule has 2 unspecified atom stereocenters. The van der Waals surface area contributed by atoms with E-state index in [9.17, 15) is 0 Å². The van der Waals surface area contributed by atoms with Gasteiger partial charge in [-0.05, 0) is 0 Å². The Hall–Kier alpha value is 0.844. The van der Waals surface area contributed by atoms with E-state index < -0.39 is 22.9 Å². The third-order valence-electron chi connectivity index (χ3n) is 5.55. The topological polar surface area (TPSA) is 0 Å². The van der Waals surface area contributed by atoms with Crippen LogP contribution in [-0.2, 0) is 22.9 Å². The van der Waals surface area contributed by atoms with E-state index >= 15 is 0 Å². The molecule has 0 saturated carbocycles. The van der Waals surface area contributed by atoms with Gasteiger partial charge in [0.1, 0.15) is 0 Å². The van der Waals surface area contributed by atoms with Gasteiger partial charge in [-0.1, -0.05) is 0 Å². The normalized spacial score (nSPS) is 25.8. The molecule has 0 nitrogen and oxygen atoms in total. The predicted octanol–water partition coefficient (Wildman–Crippen LogP) is 3.04. The molecule has 0 N–H and O–H groups in total. The van der Waals surface area contributed by atoms with E-state index in [1.54, 1.807) is 32.7 Å². The summed E-state index contributed by atoms with van der Waals surface area (Å²) in [5, 5.41) is 3.43. The minimum absolute atomic E-state index is 0. The predicted molar refractivity (Wildman–Crippen MR) is 104 cm³/mol. The molecule has 0 aromatic rings. The molecular formula is C16H28Cl2HfSi2. The van der Waals surface area contributed by atoms with Gasteiger partial charge in [-0.25, -0.2) is 0 Å². The third-order valence-corrected chi connectivity index (χ3v) is 16.4. The van der Waals surface area contributed by atoms with Crippen LogP contribution in [-0.4, -0.2) is 20.5 Å².